The van der Waals surface area contributed by atoms with Gasteiger partial charge in [0.25, 0.3) is 5.91 Å². The van der Waals surface area contributed by atoms with Gasteiger partial charge in [-0.15, -0.1) is 0 Å². The molecule has 1 heterocycles. The first-order valence-corrected chi connectivity index (χ1v) is 5.46. The zero-order valence-electron chi connectivity index (χ0n) is 9.71. The SMILES string of the molecule is CC1(O)CCN(C(=O)c2cc(F)c(F)c(F)c2)C1. The van der Waals surface area contributed by atoms with Crippen LogP contribution in [0.5, 0.6) is 0 Å². The monoisotopic (exact) mass is 259 g/mol. The van der Waals surface area contributed by atoms with Crippen LogP contribution in [0.2, 0.25) is 0 Å². The maximum Gasteiger partial charge on any atom is 0.254 e. The standard InChI is InChI=1S/C12H12F3NO2/c1-12(18)2-3-16(6-12)11(17)7-4-8(13)10(15)9(14)5-7/h4-5,18H,2-3,6H2,1H3. The number of carbonyl (C=O) groups is 1. The van der Waals surface area contributed by atoms with E-state index < -0.39 is 29.0 Å². The molecule has 1 saturated heterocycles. The van der Waals surface area contributed by atoms with Crippen LogP contribution in [0.3, 0.4) is 0 Å². The van der Waals surface area contributed by atoms with Crippen molar-refractivity contribution >= 4 is 5.91 Å². The van der Waals surface area contributed by atoms with Crippen LogP contribution >= 0.6 is 0 Å². The zero-order chi connectivity index (χ0) is 13.5. The summed E-state index contributed by atoms with van der Waals surface area (Å²) in [5.41, 5.74) is -1.25. The summed E-state index contributed by atoms with van der Waals surface area (Å²) < 4.78 is 38.8. The van der Waals surface area contributed by atoms with E-state index in [1.807, 2.05) is 0 Å². The van der Waals surface area contributed by atoms with E-state index in [-0.39, 0.29) is 12.1 Å². The number of benzene rings is 1. The Bertz CT molecular complexity index is 479. The van der Waals surface area contributed by atoms with Crippen LogP contribution in [0.4, 0.5) is 13.2 Å². The third-order valence-corrected chi connectivity index (χ3v) is 2.97. The van der Waals surface area contributed by atoms with E-state index in [9.17, 15) is 23.1 Å². The second-order valence-corrected chi connectivity index (χ2v) is 4.73. The number of aliphatic hydroxyl groups is 1. The van der Waals surface area contributed by atoms with E-state index in [4.69, 9.17) is 0 Å². The highest BCUT2D eigenvalue weighted by molar-refractivity contribution is 5.94. The van der Waals surface area contributed by atoms with Gasteiger partial charge in [0.05, 0.1) is 5.60 Å². The van der Waals surface area contributed by atoms with Crippen LogP contribution in [0.25, 0.3) is 0 Å². The Balaban J connectivity index is 2.25. The molecule has 1 fully saturated rings. The minimum absolute atomic E-state index is 0.0897. The molecular weight excluding hydrogens is 247 g/mol. The number of halogens is 3. The van der Waals surface area contributed by atoms with Gasteiger partial charge in [0.1, 0.15) is 0 Å². The van der Waals surface area contributed by atoms with Gasteiger partial charge >= 0.3 is 0 Å². The third-order valence-electron chi connectivity index (χ3n) is 2.97. The summed E-state index contributed by atoms with van der Waals surface area (Å²) in [6, 6.07) is 1.32. The molecule has 0 bridgehead atoms. The summed E-state index contributed by atoms with van der Waals surface area (Å²) in [7, 11) is 0. The number of rotatable bonds is 1. The molecule has 0 aromatic heterocycles. The van der Waals surface area contributed by atoms with Crippen LogP contribution < -0.4 is 0 Å². The molecular formula is C12H12F3NO2. The van der Waals surface area contributed by atoms with Crippen molar-refractivity contribution in [1.82, 2.24) is 4.90 Å². The minimum Gasteiger partial charge on any atom is -0.388 e. The van der Waals surface area contributed by atoms with E-state index >= 15 is 0 Å². The lowest BCUT2D eigenvalue weighted by atomic mass is 10.1. The first-order chi connectivity index (χ1) is 8.30. The lowest BCUT2D eigenvalue weighted by Gasteiger charge is -2.19. The highest BCUT2D eigenvalue weighted by Crippen LogP contribution is 2.23. The quantitative estimate of drug-likeness (QED) is 0.780. The first-order valence-electron chi connectivity index (χ1n) is 5.46. The molecule has 1 aromatic rings. The molecule has 98 valence electrons. The molecule has 1 atom stereocenters. The van der Waals surface area contributed by atoms with Crippen molar-refractivity contribution in [2.24, 2.45) is 0 Å². The molecule has 6 heteroatoms. The fourth-order valence-corrected chi connectivity index (χ4v) is 1.98. The first kappa shape index (κ1) is 12.9. The fraction of sp³-hybridized carbons (Fsp3) is 0.417. The Labute approximate surface area is 102 Å². The Morgan fingerprint density at radius 3 is 2.33 bits per heavy atom. The van der Waals surface area contributed by atoms with Gasteiger partial charge in [0.15, 0.2) is 17.5 Å². The molecule has 1 aliphatic heterocycles. The van der Waals surface area contributed by atoms with Crippen molar-refractivity contribution in [3.8, 4) is 0 Å². The predicted octanol–water partition coefficient (Wildman–Crippen LogP) is 1.70. The second-order valence-electron chi connectivity index (χ2n) is 4.73. The molecule has 0 radical (unpaired) electrons. The Hall–Kier alpha value is -1.56. The van der Waals surface area contributed by atoms with Crippen molar-refractivity contribution in [2.75, 3.05) is 13.1 Å². The summed E-state index contributed by atoms with van der Waals surface area (Å²) in [4.78, 5) is 13.2. The Morgan fingerprint density at radius 2 is 1.89 bits per heavy atom. The largest absolute Gasteiger partial charge is 0.388 e. The van der Waals surface area contributed by atoms with E-state index in [2.05, 4.69) is 0 Å². The zero-order valence-corrected chi connectivity index (χ0v) is 9.71. The Kier molecular flexibility index (Phi) is 3.06. The van der Waals surface area contributed by atoms with Crippen molar-refractivity contribution in [3.05, 3.63) is 35.1 Å². The molecule has 3 nitrogen and oxygen atoms in total. The predicted molar refractivity (Wildman–Crippen MR) is 57.5 cm³/mol. The van der Waals surface area contributed by atoms with Gasteiger partial charge in [0.2, 0.25) is 0 Å². The number of nitrogens with zero attached hydrogens (tertiary/aromatic N) is 1. The van der Waals surface area contributed by atoms with Crippen LogP contribution in [0, 0.1) is 17.5 Å². The molecule has 1 unspecified atom stereocenters. The van der Waals surface area contributed by atoms with Gasteiger partial charge in [-0.2, -0.15) is 0 Å². The Morgan fingerprint density at radius 1 is 1.33 bits per heavy atom. The molecule has 1 N–H and O–H groups in total. The third kappa shape index (κ3) is 2.33. The van der Waals surface area contributed by atoms with Crippen LogP contribution in [-0.2, 0) is 0 Å². The lowest BCUT2D eigenvalue weighted by molar-refractivity contribution is 0.0571. The van der Waals surface area contributed by atoms with Crippen molar-refractivity contribution in [1.29, 1.82) is 0 Å². The number of carbonyl (C=O) groups excluding carboxylic acids is 1. The molecule has 0 aliphatic carbocycles. The van der Waals surface area contributed by atoms with Crippen molar-refractivity contribution in [3.63, 3.8) is 0 Å². The summed E-state index contributed by atoms with van der Waals surface area (Å²) in [6.07, 6.45) is 0.394. The normalized spacial score (nSPS) is 23.5. The smallest absolute Gasteiger partial charge is 0.254 e. The molecule has 0 spiro atoms. The highest BCUT2D eigenvalue weighted by atomic mass is 19.2. The summed E-state index contributed by atoms with van der Waals surface area (Å²) in [5.74, 6) is -5.01. The summed E-state index contributed by atoms with van der Waals surface area (Å²) in [6.45, 7) is 1.96. The van der Waals surface area contributed by atoms with Gasteiger partial charge in [0, 0.05) is 18.7 Å². The van der Waals surface area contributed by atoms with Gasteiger partial charge in [-0.1, -0.05) is 0 Å². The average molecular weight is 259 g/mol. The minimum atomic E-state index is -1.60. The number of hydrogen-bond donors (Lipinski definition) is 1. The van der Waals surface area contributed by atoms with E-state index in [1.54, 1.807) is 6.92 Å². The molecule has 1 aliphatic rings. The number of likely N-dealkylation sites (tertiary alicyclic amines) is 1. The molecule has 1 amide bonds. The lowest BCUT2D eigenvalue weighted by Crippen LogP contribution is -2.34. The van der Waals surface area contributed by atoms with Gasteiger partial charge in [-0.3, -0.25) is 4.79 Å². The molecule has 18 heavy (non-hydrogen) atoms. The van der Waals surface area contributed by atoms with Crippen LogP contribution in [0.1, 0.15) is 23.7 Å². The maximum atomic E-state index is 13.0. The number of hydrogen-bond acceptors (Lipinski definition) is 2. The van der Waals surface area contributed by atoms with Crippen LogP contribution in [0.15, 0.2) is 12.1 Å². The molecule has 0 saturated carbocycles. The number of β-amino-alcohol motifs (C(OH)–C–C–N with tert-alkyl or cyclic N) is 1. The molecule has 2 rings (SSSR count). The average Bonchev–Trinajstić information content (AvgIpc) is 2.65. The maximum absolute atomic E-state index is 13.0. The molecule has 1 aromatic carbocycles. The van der Waals surface area contributed by atoms with E-state index in [0.717, 1.165) is 0 Å². The van der Waals surface area contributed by atoms with E-state index in [1.165, 1.54) is 4.90 Å². The van der Waals surface area contributed by atoms with Gasteiger partial charge < -0.3 is 10.0 Å². The van der Waals surface area contributed by atoms with E-state index in [0.29, 0.717) is 25.1 Å². The number of amides is 1. The highest BCUT2D eigenvalue weighted by Gasteiger charge is 2.34. The van der Waals surface area contributed by atoms with Gasteiger partial charge in [-0.05, 0) is 25.5 Å². The second kappa shape index (κ2) is 4.28. The van der Waals surface area contributed by atoms with Gasteiger partial charge in [-0.25, -0.2) is 13.2 Å². The summed E-state index contributed by atoms with van der Waals surface area (Å²) >= 11 is 0. The van der Waals surface area contributed by atoms with Crippen molar-refractivity contribution in [2.45, 2.75) is 18.9 Å². The summed E-state index contributed by atoms with van der Waals surface area (Å²) in [5, 5.41) is 9.71. The fourth-order valence-electron chi connectivity index (χ4n) is 1.98. The topological polar surface area (TPSA) is 40.5 Å². The van der Waals surface area contributed by atoms with Crippen molar-refractivity contribution < 1.29 is 23.1 Å². The van der Waals surface area contributed by atoms with Crippen LogP contribution in [-0.4, -0.2) is 34.6 Å².